The standard InChI is InChI=1S/C13H16Cl2N2O4/c14-8-4-9(15)6-10(5-8)17-12(19)7-11(13(20)21)16-2-1-3-18/h4-6,11,16,18H,1-3,7H2,(H,17,19)(H,20,21)/t11-/m1/s1. The molecule has 1 aromatic rings. The molecule has 0 bridgehead atoms. The van der Waals surface area contributed by atoms with Crippen molar-refractivity contribution in [3.05, 3.63) is 28.2 Å². The number of hydrogen-bond acceptors (Lipinski definition) is 4. The van der Waals surface area contributed by atoms with Gasteiger partial charge < -0.3 is 25.6 Å². The first kappa shape index (κ1) is 17.7. The van der Waals surface area contributed by atoms with Crippen LogP contribution in [0.3, 0.4) is 0 Å². The summed E-state index contributed by atoms with van der Waals surface area (Å²) in [7, 11) is 0. The predicted molar refractivity (Wildman–Crippen MR) is 77.0 cm³/mol. The zero-order chi connectivity index (χ0) is 15.8. The zero-order valence-corrected chi connectivity index (χ0v) is 12.7. The van der Waals surface area contributed by atoms with Gasteiger partial charge in [-0.1, -0.05) is 23.2 Å². The number of hydrogen-bond donors (Lipinski definition) is 3. The number of anilines is 1. The molecule has 116 valence electrons. The van der Waals surface area contributed by atoms with E-state index < -0.39 is 17.9 Å². The number of nitrogens with two attached hydrogens (primary N) is 1. The van der Waals surface area contributed by atoms with Crippen LogP contribution in [0.1, 0.15) is 12.8 Å². The van der Waals surface area contributed by atoms with E-state index in [4.69, 9.17) is 28.3 Å². The number of aliphatic carboxylic acids is 1. The third kappa shape index (κ3) is 6.77. The van der Waals surface area contributed by atoms with Crippen molar-refractivity contribution < 1.29 is 25.1 Å². The summed E-state index contributed by atoms with van der Waals surface area (Å²) in [5, 5.41) is 24.3. The number of carboxylic acids is 1. The van der Waals surface area contributed by atoms with Crippen LogP contribution in [0.5, 0.6) is 0 Å². The van der Waals surface area contributed by atoms with E-state index in [1.165, 1.54) is 23.5 Å². The van der Waals surface area contributed by atoms with E-state index >= 15 is 0 Å². The van der Waals surface area contributed by atoms with Gasteiger partial charge in [0, 0.05) is 28.8 Å². The topological polar surface area (TPSA) is 106 Å². The predicted octanol–water partition coefficient (Wildman–Crippen LogP) is -0.614. The molecule has 0 radical (unpaired) electrons. The maximum Gasteiger partial charge on any atom is 0.230 e. The second-order valence-electron chi connectivity index (χ2n) is 4.44. The molecule has 1 atom stereocenters. The second kappa shape index (κ2) is 8.84. The Bertz CT molecular complexity index is 491. The normalized spacial score (nSPS) is 12.0. The van der Waals surface area contributed by atoms with Crippen molar-refractivity contribution in [2.75, 3.05) is 18.5 Å². The summed E-state index contributed by atoms with van der Waals surface area (Å²) in [4.78, 5) is 22.8. The molecule has 1 aromatic carbocycles. The van der Waals surface area contributed by atoms with E-state index in [0.717, 1.165) is 0 Å². The molecule has 0 saturated heterocycles. The number of amides is 1. The van der Waals surface area contributed by atoms with Crippen molar-refractivity contribution in [2.24, 2.45) is 0 Å². The minimum Gasteiger partial charge on any atom is -0.544 e. The lowest BCUT2D eigenvalue weighted by Gasteiger charge is -2.16. The average Bonchev–Trinajstić information content (AvgIpc) is 2.36. The highest BCUT2D eigenvalue weighted by Crippen LogP contribution is 2.22. The van der Waals surface area contributed by atoms with Crippen LogP contribution >= 0.6 is 23.2 Å². The fourth-order valence-electron chi connectivity index (χ4n) is 1.71. The number of quaternary nitrogens is 1. The molecule has 4 N–H and O–H groups in total. The van der Waals surface area contributed by atoms with Gasteiger partial charge in [0.25, 0.3) is 0 Å². The Morgan fingerprint density at radius 1 is 1.29 bits per heavy atom. The first-order valence-corrected chi connectivity index (χ1v) is 7.09. The molecule has 21 heavy (non-hydrogen) atoms. The van der Waals surface area contributed by atoms with Gasteiger partial charge >= 0.3 is 0 Å². The maximum atomic E-state index is 11.8. The molecule has 0 aliphatic carbocycles. The molecular weight excluding hydrogens is 319 g/mol. The number of nitrogens with one attached hydrogen (secondary N) is 1. The molecule has 0 saturated carbocycles. The van der Waals surface area contributed by atoms with E-state index in [2.05, 4.69) is 5.32 Å². The fraction of sp³-hybridized carbons (Fsp3) is 0.385. The van der Waals surface area contributed by atoms with Crippen LogP contribution in [0.15, 0.2) is 18.2 Å². The smallest absolute Gasteiger partial charge is 0.230 e. The Morgan fingerprint density at radius 3 is 2.43 bits per heavy atom. The summed E-state index contributed by atoms with van der Waals surface area (Å²) < 4.78 is 0. The van der Waals surface area contributed by atoms with Crippen molar-refractivity contribution in [2.45, 2.75) is 18.9 Å². The Morgan fingerprint density at radius 2 is 1.90 bits per heavy atom. The average molecular weight is 335 g/mol. The van der Waals surface area contributed by atoms with Crippen LogP contribution < -0.4 is 15.7 Å². The van der Waals surface area contributed by atoms with Crippen LogP contribution in [0.4, 0.5) is 5.69 Å². The lowest BCUT2D eigenvalue weighted by molar-refractivity contribution is -0.682. The van der Waals surface area contributed by atoms with E-state index in [1.807, 2.05) is 0 Å². The molecule has 1 rings (SSSR count). The van der Waals surface area contributed by atoms with Crippen LogP contribution in [0, 0.1) is 0 Å². The van der Waals surface area contributed by atoms with Gasteiger partial charge in [0.2, 0.25) is 5.91 Å². The first-order chi connectivity index (χ1) is 9.92. The third-order valence-electron chi connectivity index (χ3n) is 2.67. The quantitative estimate of drug-likeness (QED) is 0.551. The number of aliphatic hydroxyl groups is 1. The van der Waals surface area contributed by atoms with Crippen LogP contribution in [0.2, 0.25) is 10.0 Å². The number of benzene rings is 1. The van der Waals surface area contributed by atoms with Crippen LogP contribution in [-0.2, 0) is 9.59 Å². The van der Waals surface area contributed by atoms with Gasteiger partial charge in [0.15, 0.2) is 0 Å². The number of carbonyl (C=O) groups is 2. The van der Waals surface area contributed by atoms with Gasteiger partial charge in [-0.3, -0.25) is 4.79 Å². The van der Waals surface area contributed by atoms with Crippen molar-refractivity contribution in [3.63, 3.8) is 0 Å². The first-order valence-electron chi connectivity index (χ1n) is 6.33. The maximum absolute atomic E-state index is 11.8. The summed E-state index contributed by atoms with van der Waals surface area (Å²) in [5.74, 6) is -1.81. The summed E-state index contributed by atoms with van der Waals surface area (Å²) in [6, 6.07) is 3.53. The molecule has 0 spiro atoms. The summed E-state index contributed by atoms with van der Waals surface area (Å²) in [6.45, 7) is 0.356. The summed E-state index contributed by atoms with van der Waals surface area (Å²) in [5.41, 5.74) is 0.393. The van der Waals surface area contributed by atoms with Crippen molar-refractivity contribution in [1.29, 1.82) is 0 Å². The van der Waals surface area contributed by atoms with Crippen LogP contribution in [0.25, 0.3) is 0 Å². The highest BCUT2D eigenvalue weighted by Gasteiger charge is 2.18. The number of rotatable bonds is 8. The number of carbonyl (C=O) groups excluding carboxylic acids is 2. The van der Waals surface area contributed by atoms with Gasteiger partial charge in [0.05, 0.1) is 18.9 Å². The lowest BCUT2D eigenvalue weighted by atomic mass is 10.2. The molecule has 0 aliphatic rings. The SMILES string of the molecule is O=C(C[C@@H]([NH2+]CCCO)C(=O)[O-])Nc1cc(Cl)cc(Cl)c1. The summed E-state index contributed by atoms with van der Waals surface area (Å²) in [6.07, 6.45) is 0.188. The largest absolute Gasteiger partial charge is 0.544 e. The molecule has 0 unspecified atom stereocenters. The van der Waals surface area contributed by atoms with Crippen LogP contribution in [-0.4, -0.2) is 36.2 Å². The monoisotopic (exact) mass is 334 g/mol. The Hall–Kier alpha value is -1.34. The highest BCUT2D eigenvalue weighted by molar-refractivity contribution is 6.35. The van der Waals surface area contributed by atoms with Gasteiger partial charge in [-0.15, -0.1) is 0 Å². The van der Waals surface area contributed by atoms with Gasteiger partial charge in [-0.05, 0) is 18.2 Å². The minimum absolute atomic E-state index is 0.0382. The third-order valence-corrected chi connectivity index (χ3v) is 3.10. The molecule has 8 heteroatoms. The number of aliphatic hydroxyl groups excluding tert-OH is 1. The van der Waals surface area contributed by atoms with Gasteiger partial charge in [-0.25, -0.2) is 0 Å². The number of halogens is 2. The second-order valence-corrected chi connectivity index (χ2v) is 5.31. The van der Waals surface area contributed by atoms with E-state index in [9.17, 15) is 14.7 Å². The Balaban J connectivity index is 2.58. The molecule has 0 aromatic heterocycles. The summed E-state index contributed by atoms with van der Waals surface area (Å²) >= 11 is 11.6. The van der Waals surface area contributed by atoms with E-state index in [-0.39, 0.29) is 13.0 Å². The Kier molecular flexibility index (Phi) is 7.45. The van der Waals surface area contributed by atoms with Crippen molar-refractivity contribution in [3.8, 4) is 0 Å². The number of carboxylic acid groups (broad SMARTS) is 1. The molecule has 6 nitrogen and oxygen atoms in total. The highest BCUT2D eigenvalue weighted by atomic mass is 35.5. The van der Waals surface area contributed by atoms with E-state index in [0.29, 0.717) is 28.7 Å². The minimum atomic E-state index is -1.33. The molecular formula is C13H16Cl2N2O4. The van der Waals surface area contributed by atoms with Crippen molar-refractivity contribution in [1.82, 2.24) is 0 Å². The Labute approximate surface area is 132 Å². The molecule has 0 fully saturated rings. The molecule has 0 aliphatic heterocycles. The zero-order valence-electron chi connectivity index (χ0n) is 11.1. The lowest BCUT2D eigenvalue weighted by Crippen LogP contribution is -2.93. The van der Waals surface area contributed by atoms with Gasteiger partial charge in [-0.2, -0.15) is 0 Å². The van der Waals surface area contributed by atoms with Crippen molar-refractivity contribution >= 4 is 40.8 Å². The van der Waals surface area contributed by atoms with Gasteiger partial charge in [0.1, 0.15) is 6.04 Å². The fourth-order valence-corrected chi connectivity index (χ4v) is 2.24. The molecule has 0 heterocycles. The molecule has 1 amide bonds. The van der Waals surface area contributed by atoms with E-state index in [1.54, 1.807) is 0 Å².